The van der Waals surface area contributed by atoms with Gasteiger partial charge < -0.3 is 14.8 Å². The van der Waals surface area contributed by atoms with Crippen molar-refractivity contribution < 1.29 is 14.3 Å². The van der Waals surface area contributed by atoms with E-state index in [4.69, 9.17) is 9.47 Å². The molecule has 4 aromatic carbocycles. The van der Waals surface area contributed by atoms with Gasteiger partial charge in [0.25, 0.3) is 11.5 Å². The molecule has 0 unspecified atom stereocenters. The highest BCUT2D eigenvalue weighted by Crippen LogP contribution is 2.32. The van der Waals surface area contributed by atoms with Crippen LogP contribution in [0.4, 0.5) is 0 Å². The molecule has 6 rings (SSSR count). The molecule has 0 spiro atoms. The fourth-order valence-electron chi connectivity index (χ4n) is 5.42. The van der Waals surface area contributed by atoms with E-state index in [0.29, 0.717) is 33.7 Å². The molecule has 1 aromatic heterocycles. The van der Waals surface area contributed by atoms with Gasteiger partial charge in [-0.15, -0.1) is 0 Å². The van der Waals surface area contributed by atoms with Crippen molar-refractivity contribution in [3.63, 3.8) is 0 Å². The number of aryl methyl sites for hydroxylation is 3. The van der Waals surface area contributed by atoms with E-state index in [9.17, 15) is 14.4 Å². The van der Waals surface area contributed by atoms with E-state index < -0.39 is 11.2 Å². The summed E-state index contributed by atoms with van der Waals surface area (Å²) in [6, 6.07) is 23.4. The summed E-state index contributed by atoms with van der Waals surface area (Å²) in [6.07, 6.45) is 0. The Balaban J connectivity index is 1.43. The van der Waals surface area contributed by atoms with E-state index in [1.54, 1.807) is 47.0 Å². The number of fused-ring (bicyclic) bond motifs is 2. The predicted molar refractivity (Wildman–Crippen MR) is 157 cm³/mol. The highest BCUT2D eigenvalue weighted by atomic mass is 16.7. The summed E-state index contributed by atoms with van der Waals surface area (Å²) < 4.78 is 13.6. The van der Waals surface area contributed by atoms with E-state index >= 15 is 0 Å². The SMILES string of the molecule is Cc1cc(C)c(Cn2c(=O)n(-c3ccccc3)c(=O)c3ccc(C(=O)NCc4ccc5c(c4)OCO5)cc32)c(C)c1. The van der Waals surface area contributed by atoms with Gasteiger partial charge in [0.2, 0.25) is 6.79 Å². The molecule has 0 saturated carbocycles. The number of aromatic nitrogens is 2. The molecule has 5 aromatic rings. The zero-order chi connectivity index (χ0) is 28.7. The number of benzene rings is 4. The Hall–Kier alpha value is -5.11. The number of nitrogens with zero attached hydrogens (tertiary/aromatic N) is 2. The van der Waals surface area contributed by atoms with Crippen LogP contribution < -0.4 is 26.0 Å². The van der Waals surface area contributed by atoms with Crippen LogP contribution in [0, 0.1) is 20.8 Å². The number of ether oxygens (including phenoxy) is 2. The van der Waals surface area contributed by atoms with Gasteiger partial charge in [0.1, 0.15) is 0 Å². The lowest BCUT2D eigenvalue weighted by atomic mass is 9.99. The first-order chi connectivity index (χ1) is 19.8. The molecule has 0 radical (unpaired) electrons. The van der Waals surface area contributed by atoms with E-state index in [1.165, 1.54) is 4.57 Å². The average Bonchev–Trinajstić information content (AvgIpc) is 3.43. The zero-order valence-electron chi connectivity index (χ0n) is 23.1. The number of amides is 1. The molecule has 206 valence electrons. The Kier molecular flexibility index (Phi) is 6.67. The van der Waals surface area contributed by atoms with Crippen LogP contribution in [0.3, 0.4) is 0 Å². The third kappa shape index (κ3) is 4.89. The zero-order valence-corrected chi connectivity index (χ0v) is 23.1. The second-order valence-electron chi connectivity index (χ2n) is 10.3. The third-order valence-corrected chi connectivity index (χ3v) is 7.47. The molecule has 41 heavy (non-hydrogen) atoms. The topological polar surface area (TPSA) is 91.6 Å². The molecule has 1 aliphatic rings. The molecule has 0 saturated heterocycles. The van der Waals surface area contributed by atoms with Crippen LogP contribution >= 0.6 is 0 Å². The van der Waals surface area contributed by atoms with E-state index in [0.717, 1.165) is 27.8 Å². The lowest BCUT2D eigenvalue weighted by Crippen LogP contribution is -2.39. The van der Waals surface area contributed by atoms with Crippen LogP contribution in [0.25, 0.3) is 16.6 Å². The van der Waals surface area contributed by atoms with Crippen molar-refractivity contribution in [2.24, 2.45) is 0 Å². The first kappa shape index (κ1) is 26.1. The monoisotopic (exact) mass is 547 g/mol. The van der Waals surface area contributed by atoms with Crippen molar-refractivity contribution in [1.82, 2.24) is 14.5 Å². The van der Waals surface area contributed by atoms with Crippen molar-refractivity contribution in [1.29, 1.82) is 0 Å². The third-order valence-electron chi connectivity index (χ3n) is 7.47. The fraction of sp³-hybridized carbons (Fsp3) is 0.182. The molecular formula is C33H29N3O5. The Bertz CT molecular complexity index is 1920. The molecule has 0 fully saturated rings. The summed E-state index contributed by atoms with van der Waals surface area (Å²) in [5.41, 5.74) is 5.44. The molecular weight excluding hydrogens is 518 g/mol. The number of rotatable bonds is 6. The Morgan fingerprint density at radius 2 is 1.59 bits per heavy atom. The lowest BCUT2D eigenvalue weighted by molar-refractivity contribution is 0.0951. The molecule has 1 aliphatic heterocycles. The molecule has 0 bridgehead atoms. The van der Waals surface area contributed by atoms with Crippen LogP contribution in [0.1, 0.15) is 38.2 Å². The smallest absolute Gasteiger partial charge is 0.336 e. The predicted octanol–water partition coefficient (Wildman–Crippen LogP) is 4.78. The summed E-state index contributed by atoms with van der Waals surface area (Å²) >= 11 is 0. The van der Waals surface area contributed by atoms with E-state index in [1.807, 2.05) is 45.0 Å². The van der Waals surface area contributed by atoms with Gasteiger partial charge in [-0.25, -0.2) is 9.36 Å². The number of para-hydroxylation sites is 1. The van der Waals surface area contributed by atoms with Gasteiger partial charge in [-0.1, -0.05) is 42.0 Å². The second-order valence-corrected chi connectivity index (χ2v) is 10.3. The molecule has 8 nitrogen and oxygen atoms in total. The Morgan fingerprint density at radius 1 is 0.854 bits per heavy atom. The Labute approximate surface area is 236 Å². The van der Waals surface area contributed by atoms with E-state index in [2.05, 4.69) is 17.4 Å². The number of carbonyl (C=O) groups is 1. The van der Waals surface area contributed by atoms with Crippen molar-refractivity contribution in [3.8, 4) is 17.2 Å². The number of hydrogen-bond acceptors (Lipinski definition) is 5. The molecule has 2 heterocycles. The van der Waals surface area contributed by atoms with Gasteiger partial charge in [-0.05, 0) is 85.5 Å². The molecule has 1 amide bonds. The van der Waals surface area contributed by atoms with Gasteiger partial charge >= 0.3 is 5.69 Å². The normalized spacial score (nSPS) is 12.1. The fourth-order valence-corrected chi connectivity index (χ4v) is 5.42. The van der Waals surface area contributed by atoms with Crippen molar-refractivity contribution in [2.75, 3.05) is 6.79 Å². The Morgan fingerprint density at radius 3 is 2.34 bits per heavy atom. The van der Waals surface area contributed by atoms with Crippen LogP contribution in [0.5, 0.6) is 11.5 Å². The van der Waals surface area contributed by atoms with Gasteiger partial charge in [0.15, 0.2) is 11.5 Å². The maximum absolute atomic E-state index is 14.0. The summed E-state index contributed by atoms with van der Waals surface area (Å²) in [5.74, 6) is 0.995. The maximum Gasteiger partial charge on any atom is 0.336 e. The minimum Gasteiger partial charge on any atom is -0.454 e. The number of nitrogens with one attached hydrogen (secondary N) is 1. The minimum atomic E-state index is -0.467. The summed E-state index contributed by atoms with van der Waals surface area (Å²) in [7, 11) is 0. The average molecular weight is 548 g/mol. The van der Waals surface area contributed by atoms with Crippen molar-refractivity contribution >= 4 is 16.8 Å². The summed E-state index contributed by atoms with van der Waals surface area (Å²) in [5, 5.41) is 3.28. The maximum atomic E-state index is 14.0. The van der Waals surface area contributed by atoms with Crippen molar-refractivity contribution in [2.45, 2.75) is 33.9 Å². The van der Waals surface area contributed by atoms with Crippen LogP contribution in [0.15, 0.2) is 88.5 Å². The van der Waals surface area contributed by atoms with Gasteiger partial charge in [-0.3, -0.25) is 14.2 Å². The first-order valence-corrected chi connectivity index (χ1v) is 13.4. The number of carbonyl (C=O) groups excluding carboxylic acids is 1. The molecule has 0 aliphatic carbocycles. The van der Waals surface area contributed by atoms with Crippen molar-refractivity contribution in [3.05, 3.63) is 133 Å². The molecule has 1 N–H and O–H groups in total. The van der Waals surface area contributed by atoms with Gasteiger partial charge in [-0.2, -0.15) is 0 Å². The largest absolute Gasteiger partial charge is 0.454 e. The van der Waals surface area contributed by atoms with Gasteiger partial charge in [0, 0.05) is 12.1 Å². The molecule has 8 heteroatoms. The van der Waals surface area contributed by atoms with Gasteiger partial charge in [0.05, 0.1) is 23.1 Å². The molecule has 0 atom stereocenters. The quantitative estimate of drug-likeness (QED) is 0.330. The second kappa shape index (κ2) is 10.5. The number of hydrogen-bond donors (Lipinski definition) is 1. The minimum absolute atomic E-state index is 0.178. The highest BCUT2D eigenvalue weighted by molar-refractivity contribution is 5.97. The first-order valence-electron chi connectivity index (χ1n) is 13.4. The standard InChI is InChI=1S/C33H29N3O5/c1-20-13-21(2)27(22(3)14-20)18-35-28-16-24(31(37)34-17-23-9-12-29-30(15-23)41-19-40-29)10-11-26(28)32(38)36(33(35)39)25-7-5-4-6-8-25/h4-16H,17-19H2,1-3H3,(H,34,37). The van der Waals surface area contributed by atoms with Crippen LogP contribution in [-0.4, -0.2) is 21.8 Å². The van der Waals surface area contributed by atoms with E-state index in [-0.39, 0.29) is 25.8 Å². The summed E-state index contributed by atoms with van der Waals surface area (Å²) in [4.78, 5) is 40.9. The van der Waals surface area contributed by atoms with Crippen LogP contribution in [-0.2, 0) is 13.1 Å². The van der Waals surface area contributed by atoms with Crippen LogP contribution in [0.2, 0.25) is 0 Å². The lowest BCUT2D eigenvalue weighted by Gasteiger charge is -2.18. The summed E-state index contributed by atoms with van der Waals surface area (Å²) in [6.45, 7) is 6.78. The highest BCUT2D eigenvalue weighted by Gasteiger charge is 2.19.